The van der Waals surface area contributed by atoms with Gasteiger partial charge in [-0.25, -0.2) is 0 Å². The van der Waals surface area contributed by atoms with Gasteiger partial charge in [0.05, 0.1) is 6.10 Å². The van der Waals surface area contributed by atoms with Gasteiger partial charge in [0.15, 0.2) is 0 Å². The van der Waals surface area contributed by atoms with Crippen molar-refractivity contribution in [1.29, 1.82) is 0 Å². The minimum absolute atomic E-state index is 0.468. The zero-order valence-corrected chi connectivity index (χ0v) is 10.7. The second-order valence-electron chi connectivity index (χ2n) is 3.55. The van der Waals surface area contributed by atoms with E-state index in [1.54, 1.807) is 6.92 Å². The second-order valence-corrected chi connectivity index (χ2v) is 4.46. The van der Waals surface area contributed by atoms with Crippen LogP contribution in [0.4, 0.5) is 5.69 Å². The molecular weight excluding hydrogens is 254 g/mol. The van der Waals surface area contributed by atoms with Gasteiger partial charge in [0.1, 0.15) is 0 Å². The van der Waals surface area contributed by atoms with Gasteiger partial charge < -0.3 is 10.0 Å². The van der Waals surface area contributed by atoms with Gasteiger partial charge in [-0.1, -0.05) is 22.0 Å². The third kappa shape index (κ3) is 3.08. The van der Waals surface area contributed by atoms with Crippen LogP contribution in [0.25, 0.3) is 0 Å². The number of anilines is 1. The molecule has 0 heterocycles. The summed E-state index contributed by atoms with van der Waals surface area (Å²) in [5.41, 5.74) is 1.96. The van der Waals surface area contributed by atoms with Crippen molar-refractivity contribution in [3.05, 3.63) is 40.9 Å². The van der Waals surface area contributed by atoms with Crippen molar-refractivity contribution in [2.75, 3.05) is 18.5 Å². The van der Waals surface area contributed by atoms with Crippen molar-refractivity contribution in [3.8, 4) is 0 Å². The lowest BCUT2D eigenvalue weighted by Crippen LogP contribution is -2.18. The fourth-order valence-electron chi connectivity index (χ4n) is 1.50. The first-order valence-corrected chi connectivity index (χ1v) is 5.65. The molecule has 1 atom stereocenters. The number of hydrogen-bond acceptors (Lipinski definition) is 2. The molecule has 15 heavy (non-hydrogen) atoms. The van der Waals surface area contributed by atoms with E-state index in [1.165, 1.54) is 0 Å². The molecule has 0 saturated carbocycles. The summed E-state index contributed by atoms with van der Waals surface area (Å²) in [5, 5.41) is 9.67. The number of aliphatic hydroxyl groups excluding tert-OH is 1. The SMILES string of the molecule is C=CCN(C)c1ccc(Br)cc1C(C)O. The highest BCUT2D eigenvalue weighted by atomic mass is 79.9. The van der Waals surface area contributed by atoms with Crippen LogP contribution in [0.2, 0.25) is 0 Å². The molecule has 0 aliphatic heterocycles. The topological polar surface area (TPSA) is 23.5 Å². The van der Waals surface area contributed by atoms with E-state index in [4.69, 9.17) is 0 Å². The van der Waals surface area contributed by atoms with Crippen LogP contribution >= 0.6 is 15.9 Å². The van der Waals surface area contributed by atoms with Gasteiger partial charge in [-0.15, -0.1) is 6.58 Å². The number of likely N-dealkylation sites (N-methyl/N-ethyl adjacent to an activating group) is 1. The van der Waals surface area contributed by atoms with E-state index in [-0.39, 0.29) is 0 Å². The standard InChI is InChI=1S/C12H16BrNO/c1-4-7-14(3)12-6-5-10(13)8-11(12)9(2)15/h4-6,8-9,15H,1,7H2,2-3H3. The highest BCUT2D eigenvalue weighted by Crippen LogP contribution is 2.28. The Morgan fingerprint density at radius 1 is 1.60 bits per heavy atom. The van der Waals surface area contributed by atoms with Gasteiger partial charge in [-0.3, -0.25) is 0 Å². The van der Waals surface area contributed by atoms with E-state index in [0.717, 1.165) is 22.3 Å². The minimum atomic E-state index is -0.468. The van der Waals surface area contributed by atoms with Crippen molar-refractivity contribution in [2.45, 2.75) is 13.0 Å². The van der Waals surface area contributed by atoms with E-state index in [1.807, 2.05) is 31.3 Å². The number of benzene rings is 1. The monoisotopic (exact) mass is 269 g/mol. The molecule has 82 valence electrons. The van der Waals surface area contributed by atoms with Gasteiger partial charge in [0.2, 0.25) is 0 Å². The number of aliphatic hydroxyl groups is 1. The number of hydrogen-bond donors (Lipinski definition) is 1. The van der Waals surface area contributed by atoms with Crippen molar-refractivity contribution in [3.63, 3.8) is 0 Å². The fraction of sp³-hybridized carbons (Fsp3) is 0.333. The molecule has 0 aliphatic carbocycles. The predicted octanol–water partition coefficient (Wildman–Crippen LogP) is 3.12. The number of halogens is 1. The van der Waals surface area contributed by atoms with Crippen LogP contribution in [0.3, 0.4) is 0 Å². The minimum Gasteiger partial charge on any atom is -0.389 e. The third-order valence-electron chi connectivity index (χ3n) is 2.25. The molecule has 1 N–H and O–H groups in total. The summed E-state index contributed by atoms with van der Waals surface area (Å²) in [6.45, 7) is 6.24. The first-order chi connectivity index (χ1) is 7.06. The van der Waals surface area contributed by atoms with Gasteiger partial charge in [-0.05, 0) is 25.1 Å². The van der Waals surface area contributed by atoms with E-state index in [2.05, 4.69) is 27.4 Å². The second kappa shape index (κ2) is 5.33. The Labute approximate surface area is 99.4 Å². The van der Waals surface area contributed by atoms with Crippen LogP contribution in [0, 0.1) is 0 Å². The van der Waals surface area contributed by atoms with Crippen LogP contribution in [0.5, 0.6) is 0 Å². The molecule has 0 fully saturated rings. The third-order valence-corrected chi connectivity index (χ3v) is 2.75. The summed E-state index contributed by atoms with van der Waals surface area (Å²) >= 11 is 3.40. The summed E-state index contributed by atoms with van der Waals surface area (Å²) in [4.78, 5) is 2.06. The molecule has 0 saturated heterocycles. The van der Waals surface area contributed by atoms with Crippen molar-refractivity contribution >= 4 is 21.6 Å². The van der Waals surface area contributed by atoms with Crippen LogP contribution < -0.4 is 4.90 Å². The van der Waals surface area contributed by atoms with Crippen LogP contribution in [-0.2, 0) is 0 Å². The molecule has 1 aromatic rings. The van der Waals surface area contributed by atoms with E-state index in [9.17, 15) is 5.11 Å². The highest BCUT2D eigenvalue weighted by molar-refractivity contribution is 9.10. The van der Waals surface area contributed by atoms with Crippen LogP contribution in [-0.4, -0.2) is 18.7 Å². The molecule has 0 aromatic heterocycles. The average Bonchev–Trinajstić information content (AvgIpc) is 2.17. The van der Waals surface area contributed by atoms with Crippen molar-refractivity contribution < 1.29 is 5.11 Å². The van der Waals surface area contributed by atoms with E-state index < -0.39 is 6.10 Å². The highest BCUT2D eigenvalue weighted by Gasteiger charge is 2.11. The Hall–Kier alpha value is -0.800. The van der Waals surface area contributed by atoms with Crippen LogP contribution in [0.15, 0.2) is 35.3 Å². The molecule has 2 nitrogen and oxygen atoms in total. The molecule has 0 spiro atoms. The molecule has 0 amide bonds. The van der Waals surface area contributed by atoms with Crippen LogP contribution in [0.1, 0.15) is 18.6 Å². The fourth-order valence-corrected chi connectivity index (χ4v) is 1.88. The summed E-state index contributed by atoms with van der Waals surface area (Å²) in [7, 11) is 1.98. The van der Waals surface area contributed by atoms with Crippen molar-refractivity contribution in [1.82, 2.24) is 0 Å². The predicted molar refractivity (Wildman–Crippen MR) is 68.2 cm³/mol. The number of rotatable bonds is 4. The zero-order valence-electron chi connectivity index (χ0n) is 9.07. The lowest BCUT2D eigenvalue weighted by atomic mass is 10.1. The molecule has 1 rings (SSSR count). The summed E-state index contributed by atoms with van der Waals surface area (Å²) in [5.74, 6) is 0. The van der Waals surface area contributed by atoms with Crippen molar-refractivity contribution in [2.24, 2.45) is 0 Å². The normalized spacial score (nSPS) is 12.3. The summed E-state index contributed by atoms with van der Waals surface area (Å²) < 4.78 is 0.981. The Bertz CT molecular complexity index is 349. The zero-order chi connectivity index (χ0) is 11.4. The summed E-state index contributed by atoms with van der Waals surface area (Å²) in [6.07, 6.45) is 1.37. The number of nitrogens with zero attached hydrogens (tertiary/aromatic N) is 1. The lowest BCUT2D eigenvalue weighted by molar-refractivity contribution is 0.199. The molecular formula is C12H16BrNO. The van der Waals surface area contributed by atoms with E-state index >= 15 is 0 Å². The summed E-state index contributed by atoms with van der Waals surface area (Å²) in [6, 6.07) is 5.91. The maximum absolute atomic E-state index is 9.67. The Morgan fingerprint density at radius 3 is 2.80 bits per heavy atom. The van der Waals surface area contributed by atoms with Gasteiger partial charge in [0.25, 0.3) is 0 Å². The Kier molecular flexibility index (Phi) is 4.36. The van der Waals surface area contributed by atoms with Gasteiger partial charge in [0, 0.05) is 29.3 Å². The molecule has 1 unspecified atom stereocenters. The quantitative estimate of drug-likeness (QED) is 0.850. The first-order valence-electron chi connectivity index (χ1n) is 4.85. The molecule has 0 radical (unpaired) electrons. The van der Waals surface area contributed by atoms with E-state index in [0.29, 0.717) is 0 Å². The smallest absolute Gasteiger partial charge is 0.0782 e. The Balaban J connectivity index is 3.10. The van der Waals surface area contributed by atoms with Gasteiger partial charge in [-0.2, -0.15) is 0 Å². The molecule has 0 aliphatic rings. The maximum Gasteiger partial charge on any atom is 0.0782 e. The lowest BCUT2D eigenvalue weighted by Gasteiger charge is -2.22. The largest absolute Gasteiger partial charge is 0.389 e. The maximum atomic E-state index is 9.67. The van der Waals surface area contributed by atoms with Gasteiger partial charge >= 0.3 is 0 Å². The first kappa shape index (κ1) is 12.3. The molecule has 1 aromatic carbocycles. The molecule has 0 bridgehead atoms. The Morgan fingerprint density at radius 2 is 2.27 bits per heavy atom. The molecule has 3 heteroatoms. The average molecular weight is 270 g/mol.